The first-order valence-electron chi connectivity index (χ1n) is 7.58. The van der Waals surface area contributed by atoms with Gasteiger partial charge in [0, 0.05) is 17.8 Å². The number of hydrogen-bond acceptors (Lipinski definition) is 2. The number of carbonyl (C=O) groups is 1. The van der Waals surface area contributed by atoms with E-state index in [2.05, 4.69) is 5.32 Å². The summed E-state index contributed by atoms with van der Waals surface area (Å²) < 4.78 is 0. The van der Waals surface area contributed by atoms with E-state index in [1.165, 1.54) is 32.1 Å². The van der Waals surface area contributed by atoms with E-state index in [9.17, 15) is 4.79 Å². The molecule has 0 spiro atoms. The van der Waals surface area contributed by atoms with Crippen LogP contribution in [0.15, 0.2) is 30.3 Å². The molecule has 1 aliphatic rings. The highest BCUT2D eigenvalue weighted by molar-refractivity contribution is 5.91. The Morgan fingerprint density at radius 1 is 1.05 bits per heavy atom. The van der Waals surface area contributed by atoms with Crippen molar-refractivity contribution in [1.29, 1.82) is 0 Å². The Morgan fingerprint density at radius 2 is 1.65 bits per heavy atom. The maximum Gasteiger partial charge on any atom is 0.244 e. The second kappa shape index (κ2) is 7.73. The highest BCUT2D eigenvalue weighted by Gasteiger charge is 2.12. The molecule has 0 atom stereocenters. The van der Waals surface area contributed by atoms with Gasteiger partial charge in [-0.05, 0) is 36.6 Å². The van der Waals surface area contributed by atoms with E-state index >= 15 is 0 Å². The summed E-state index contributed by atoms with van der Waals surface area (Å²) >= 11 is 0. The lowest BCUT2D eigenvalue weighted by Gasteiger charge is -2.20. The second-order valence-electron chi connectivity index (χ2n) is 5.55. The second-order valence-corrected chi connectivity index (χ2v) is 5.55. The summed E-state index contributed by atoms with van der Waals surface area (Å²) in [6.07, 6.45) is 12.1. The van der Waals surface area contributed by atoms with E-state index in [1.807, 2.05) is 30.3 Å². The van der Waals surface area contributed by atoms with Crippen molar-refractivity contribution < 1.29 is 4.79 Å². The molecule has 0 unspecified atom stereocenters. The number of carbonyl (C=O) groups excluding carboxylic acids is 1. The minimum Gasteiger partial charge on any atom is -0.399 e. The maximum absolute atomic E-state index is 11.9. The lowest BCUT2D eigenvalue weighted by molar-refractivity contribution is -0.117. The van der Waals surface area contributed by atoms with E-state index in [-0.39, 0.29) is 5.91 Å². The molecular weight excluding hydrogens is 248 g/mol. The summed E-state index contributed by atoms with van der Waals surface area (Å²) in [4.78, 5) is 11.9. The molecule has 3 heteroatoms. The Balaban J connectivity index is 1.83. The molecule has 0 bridgehead atoms. The van der Waals surface area contributed by atoms with Crippen molar-refractivity contribution in [2.45, 2.75) is 51.0 Å². The minimum atomic E-state index is 0.00685. The van der Waals surface area contributed by atoms with Crippen molar-refractivity contribution in [2.24, 2.45) is 0 Å². The zero-order valence-corrected chi connectivity index (χ0v) is 12.0. The molecule has 0 aromatic heterocycles. The number of hydrogen-bond donors (Lipinski definition) is 2. The number of benzene rings is 1. The summed E-state index contributed by atoms with van der Waals surface area (Å²) in [7, 11) is 0. The summed E-state index contributed by atoms with van der Waals surface area (Å²) in [6, 6.07) is 7.85. The van der Waals surface area contributed by atoms with Gasteiger partial charge in [0.1, 0.15) is 0 Å². The summed E-state index contributed by atoms with van der Waals surface area (Å²) in [5, 5.41) is 3.12. The largest absolute Gasteiger partial charge is 0.399 e. The van der Waals surface area contributed by atoms with Crippen LogP contribution >= 0.6 is 0 Å². The van der Waals surface area contributed by atoms with Gasteiger partial charge in [0.05, 0.1) is 0 Å². The monoisotopic (exact) mass is 272 g/mol. The molecule has 0 radical (unpaired) electrons. The van der Waals surface area contributed by atoms with Crippen LogP contribution in [-0.2, 0) is 4.79 Å². The van der Waals surface area contributed by atoms with E-state index < -0.39 is 0 Å². The Bertz CT molecular complexity index is 443. The van der Waals surface area contributed by atoms with Crippen LogP contribution < -0.4 is 11.1 Å². The van der Waals surface area contributed by atoms with Crippen LogP contribution in [0.1, 0.15) is 50.5 Å². The van der Waals surface area contributed by atoms with Gasteiger partial charge in [0.15, 0.2) is 0 Å². The smallest absolute Gasteiger partial charge is 0.244 e. The quantitative estimate of drug-likeness (QED) is 0.653. The van der Waals surface area contributed by atoms with Gasteiger partial charge < -0.3 is 11.1 Å². The maximum atomic E-state index is 11.9. The summed E-state index contributed by atoms with van der Waals surface area (Å²) in [6.45, 7) is 0. The van der Waals surface area contributed by atoms with E-state index in [1.54, 1.807) is 6.08 Å². The third-order valence-corrected chi connectivity index (χ3v) is 3.82. The first-order valence-corrected chi connectivity index (χ1v) is 7.58. The summed E-state index contributed by atoms with van der Waals surface area (Å²) in [5.74, 6) is 0.00685. The van der Waals surface area contributed by atoms with Gasteiger partial charge >= 0.3 is 0 Å². The highest BCUT2D eigenvalue weighted by Crippen LogP contribution is 2.17. The van der Waals surface area contributed by atoms with Crippen LogP contribution in [0.25, 0.3) is 6.08 Å². The molecule has 0 aliphatic heterocycles. The van der Waals surface area contributed by atoms with Crippen molar-refractivity contribution in [2.75, 3.05) is 5.73 Å². The third-order valence-electron chi connectivity index (χ3n) is 3.82. The number of nitrogens with two attached hydrogens (primary N) is 1. The number of anilines is 1. The Kier molecular flexibility index (Phi) is 5.66. The number of amides is 1. The molecule has 1 aromatic rings. The molecule has 2 rings (SSSR count). The third kappa shape index (κ3) is 5.08. The topological polar surface area (TPSA) is 55.1 Å². The number of nitrogen functional groups attached to an aromatic ring is 1. The lowest BCUT2D eigenvalue weighted by Crippen LogP contribution is -2.34. The standard InChI is InChI=1S/C17H24N2O/c18-15-11-8-14(9-12-15)10-13-17(20)19-16-6-4-2-1-3-5-7-16/h8-13,16H,1-7,18H2,(H,19,20)/b13-10+. The van der Waals surface area contributed by atoms with Gasteiger partial charge in [-0.3, -0.25) is 4.79 Å². The molecule has 20 heavy (non-hydrogen) atoms. The molecule has 3 N–H and O–H groups in total. The fourth-order valence-electron chi connectivity index (χ4n) is 2.63. The van der Waals surface area contributed by atoms with Crippen molar-refractivity contribution in [3.63, 3.8) is 0 Å². The molecule has 1 aromatic carbocycles. The first-order chi connectivity index (χ1) is 9.74. The molecule has 1 aliphatic carbocycles. The molecule has 0 heterocycles. The summed E-state index contributed by atoms with van der Waals surface area (Å²) in [5.41, 5.74) is 7.36. The van der Waals surface area contributed by atoms with E-state index in [0.29, 0.717) is 6.04 Å². The van der Waals surface area contributed by atoms with E-state index in [4.69, 9.17) is 5.73 Å². The SMILES string of the molecule is Nc1ccc(/C=C/C(=O)NC2CCCCCCC2)cc1. The molecule has 108 valence electrons. The Labute approximate surface area is 121 Å². The zero-order chi connectivity index (χ0) is 14.2. The van der Waals surface area contributed by atoms with Crippen LogP contribution in [0.3, 0.4) is 0 Å². The van der Waals surface area contributed by atoms with E-state index in [0.717, 1.165) is 24.1 Å². The van der Waals surface area contributed by atoms with Gasteiger partial charge in [-0.1, -0.05) is 44.2 Å². The Hall–Kier alpha value is -1.77. The van der Waals surface area contributed by atoms with Gasteiger partial charge in [0.2, 0.25) is 5.91 Å². The fourth-order valence-corrected chi connectivity index (χ4v) is 2.63. The molecule has 3 nitrogen and oxygen atoms in total. The fraction of sp³-hybridized carbons (Fsp3) is 0.471. The van der Waals surface area contributed by atoms with Crippen molar-refractivity contribution in [3.8, 4) is 0 Å². The average Bonchev–Trinajstić information content (AvgIpc) is 2.41. The van der Waals surface area contributed by atoms with Crippen LogP contribution in [-0.4, -0.2) is 11.9 Å². The van der Waals surface area contributed by atoms with Crippen molar-refractivity contribution >= 4 is 17.7 Å². The van der Waals surface area contributed by atoms with Crippen LogP contribution in [0.4, 0.5) is 5.69 Å². The Morgan fingerprint density at radius 3 is 2.30 bits per heavy atom. The van der Waals surface area contributed by atoms with Gasteiger partial charge in [0.25, 0.3) is 0 Å². The van der Waals surface area contributed by atoms with Gasteiger partial charge in [-0.15, -0.1) is 0 Å². The van der Waals surface area contributed by atoms with Crippen molar-refractivity contribution in [3.05, 3.63) is 35.9 Å². The molecular formula is C17H24N2O. The van der Waals surface area contributed by atoms with Crippen molar-refractivity contribution in [1.82, 2.24) is 5.32 Å². The number of rotatable bonds is 3. The lowest BCUT2D eigenvalue weighted by atomic mass is 9.97. The predicted octanol–water partition coefficient (Wildman–Crippen LogP) is 3.51. The minimum absolute atomic E-state index is 0.00685. The van der Waals surface area contributed by atoms with Crippen LogP contribution in [0.5, 0.6) is 0 Å². The molecule has 1 fully saturated rings. The normalized spacial score (nSPS) is 17.6. The first kappa shape index (κ1) is 14.6. The predicted molar refractivity (Wildman–Crippen MR) is 84.1 cm³/mol. The van der Waals surface area contributed by atoms with Crippen LogP contribution in [0, 0.1) is 0 Å². The molecule has 1 amide bonds. The molecule has 0 saturated heterocycles. The van der Waals surface area contributed by atoms with Gasteiger partial charge in [-0.2, -0.15) is 0 Å². The molecule has 1 saturated carbocycles. The van der Waals surface area contributed by atoms with Gasteiger partial charge in [-0.25, -0.2) is 0 Å². The zero-order valence-electron chi connectivity index (χ0n) is 12.0. The highest BCUT2D eigenvalue weighted by atomic mass is 16.1. The average molecular weight is 272 g/mol. The number of nitrogens with one attached hydrogen (secondary N) is 1. The van der Waals surface area contributed by atoms with Crippen LogP contribution in [0.2, 0.25) is 0 Å².